The van der Waals surface area contributed by atoms with Gasteiger partial charge in [-0.1, -0.05) is 92.2 Å². The number of carbonyl (C=O) groups excluding carboxylic acids is 2. The van der Waals surface area contributed by atoms with Crippen molar-refractivity contribution in [2.24, 2.45) is 0 Å². The molecule has 0 saturated carbocycles. The quantitative estimate of drug-likeness (QED) is 0.148. The highest BCUT2D eigenvalue weighted by atomic mass is 16.5. The summed E-state index contributed by atoms with van der Waals surface area (Å²) in [5.74, 6) is -1.06. The first-order valence-corrected chi connectivity index (χ1v) is 15.6. The van der Waals surface area contributed by atoms with Gasteiger partial charge in [-0.15, -0.1) is 10.2 Å². The Labute approximate surface area is 271 Å². The zero-order chi connectivity index (χ0) is 32.8. The summed E-state index contributed by atoms with van der Waals surface area (Å²) in [7, 11) is 0. The number of nitrogens with one attached hydrogen (secondary N) is 1. The number of benzene rings is 3. The third-order valence-electron chi connectivity index (χ3n) is 8.33. The van der Waals surface area contributed by atoms with Gasteiger partial charge in [0.05, 0.1) is 17.9 Å². The number of carboxylic acid groups (broad SMARTS) is 1. The van der Waals surface area contributed by atoms with Crippen LogP contribution < -0.4 is 0 Å². The van der Waals surface area contributed by atoms with Gasteiger partial charge < -0.3 is 19.3 Å². The molecule has 0 spiro atoms. The van der Waals surface area contributed by atoms with Crippen LogP contribution >= 0.6 is 0 Å². The van der Waals surface area contributed by atoms with Crippen LogP contribution in [0.1, 0.15) is 54.5 Å². The van der Waals surface area contributed by atoms with Gasteiger partial charge in [0, 0.05) is 24.9 Å². The van der Waals surface area contributed by atoms with Crippen molar-refractivity contribution in [3.05, 3.63) is 107 Å². The lowest BCUT2D eigenvalue weighted by Gasteiger charge is -2.33. The van der Waals surface area contributed by atoms with Crippen molar-refractivity contribution in [2.75, 3.05) is 0 Å². The predicted octanol–water partition coefficient (Wildman–Crippen LogP) is 4.59. The highest BCUT2D eigenvalue weighted by Gasteiger charge is 2.38. The standard InChI is InChI=1S/C35H35N7O5/c1-2-3-13-31-36-28-18-29(35(45)46)42(32(43)19-33(44)47-22-24-9-5-4-6-10-24)21-30(28)41(31)20-23-14-16-25(17-15-23)26-11-7-8-12-27(26)34-37-39-40-38-34/h4-12,14-17,29H,2-3,13,18-22H2,1H3,(H,45,46)(H,37,38,39,40). The maximum Gasteiger partial charge on any atom is 0.326 e. The lowest BCUT2D eigenvalue weighted by Crippen LogP contribution is -2.49. The summed E-state index contributed by atoms with van der Waals surface area (Å²) in [4.78, 5) is 44.5. The Balaban J connectivity index is 1.23. The molecule has 0 bridgehead atoms. The molecule has 2 aromatic heterocycles. The second-order valence-corrected chi connectivity index (χ2v) is 11.5. The van der Waals surface area contributed by atoms with E-state index in [1.165, 1.54) is 4.90 Å². The first kappa shape index (κ1) is 31.3. The maximum absolute atomic E-state index is 13.4. The summed E-state index contributed by atoms with van der Waals surface area (Å²) in [6, 6.07) is 24.1. The molecule has 6 rings (SSSR count). The highest BCUT2D eigenvalue weighted by molar-refractivity contribution is 5.96. The van der Waals surface area contributed by atoms with Crippen molar-refractivity contribution in [1.82, 2.24) is 35.1 Å². The van der Waals surface area contributed by atoms with E-state index in [0.717, 1.165) is 58.6 Å². The number of aliphatic carboxylic acids is 1. The largest absolute Gasteiger partial charge is 0.480 e. The molecule has 240 valence electrons. The van der Waals surface area contributed by atoms with E-state index in [2.05, 4.69) is 32.1 Å². The highest BCUT2D eigenvalue weighted by Crippen LogP contribution is 2.31. The second kappa shape index (κ2) is 14.2. The molecular formula is C35H35N7O5. The Hall–Kier alpha value is -5.65. The number of aromatic amines is 1. The van der Waals surface area contributed by atoms with E-state index in [4.69, 9.17) is 9.72 Å². The van der Waals surface area contributed by atoms with Gasteiger partial charge in [-0.3, -0.25) is 9.59 Å². The first-order valence-electron chi connectivity index (χ1n) is 15.6. The van der Waals surface area contributed by atoms with Gasteiger partial charge >= 0.3 is 11.9 Å². The van der Waals surface area contributed by atoms with E-state index >= 15 is 0 Å². The number of hydrogen-bond donors (Lipinski definition) is 2. The first-order chi connectivity index (χ1) is 22.9. The van der Waals surface area contributed by atoms with Crippen LogP contribution in [0.25, 0.3) is 22.5 Å². The molecule has 1 aliphatic rings. The molecule has 1 unspecified atom stereocenters. The Morgan fingerprint density at radius 3 is 2.40 bits per heavy atom. The van der Waals surface area contributed by atoms with E-state index in [9.17, 15) is 19.5 Å². The molecule has 3 heterocycles. The second-order valence-electron chi connectivity index (χ2n) is 11.5. The minimum atomic E-state index is -1.14. The van der Waals surface area contributed by atoms with Crippen LogP contribution in [0, 0.1) is 0 Å². The smallest absolute Gasteiger partial charge is 0.326 e. The number of hydrogen-bond acceptors (Lipinski definition) is 8. The fraction of sp³-hybridized carbons (Fsp3) is 0.286. The number of nitrogens with zero attached hydrogens (tertiary/aromatic N) is 6. The van der Waals surface area contributed by atoms with Crippen LogP contribution in [-0.4, -0.2) is 64.1 Å². The Kier molecular flexibility index (Phi) is 9.46. The van der Waals surface area contributed by atoms with Crippen LogP contribution in [0.2, 0.25) is 0 Å². The number of aryl methyl sites for hydroxylation is 1. The molecule has 47 heavy (non-hydrogen) atoms. The third-order valence-corrected chi connectivity index (χ3v) is 8.33. The third kappa shape index (κ3) is 7.11. The Morgan fingerprint density at radius 2 is 1.70 bits per heavy atom. The summed E-state index contributed by atoms with van der Waals surface area (Å²) < 4.78 is 7.41. The molecular weight excluding hydrogens is 598 g/mol. The van der Waals surface area contributed by atoms with E-state index in [1.54, 1.807) is 0 Å². The van der Waals surface area contributed by atoms with Gasteiger partial charge in [-0.2, -0.15) is 5.21 Å². The van der Waals surface area contributed by atoms with Crippen molar-refractivity contribution in [3.8, 4) is 22.5 Å². The number of tetrazole rings is 1. The predicted molar refractivity (Wildman–Crippen MR) is 172 cm³/mol. The molecule has 0 saturated heterocycles. The molecule has 3 aromatic carbocycles. The van der Waals surface area contributed by atoms with Crippen molar-refractivity contribution < 1.29 is 24.2 Å². The fourth-order valence-corrected chi connectivity index (χ4v) is 5.88. The Morgan fingerprint density at radius 1 is 0.957 bits per heavy atom. The van der Waals surface area contributed by atoms with Gasteiger partial charge in [0.15, 0.2) is 0 Å². The van der Waals surface area contributed by atoms with Crippen molar-refractivity contribution in [2.45, 2.75) is 64.8 Å². The van der Waals surface area contributed by atoms with Crippen LogP contribution in [0.4, 0.5) is 0 Å². The monoisotopic (exact) mass is 633 g/mol. The van der Waals surface area contributed by atoms with Gasteiger partial charge in [0.1, 0.15) is 24.9 Å². The van der Waals surface area contributed by atoms with E-state index in [0.29, 0.717) is 18.1 Å². The number of esters is 1. The molecule has 0 aliphatic carbocycles. The minimum absolute atomic E-state index is 0.0341. The number of fused-ring (bicyclic) bond motifs is 1. The number of amides is 1. The van der Waals surface area contributed by atoms with Crippen molar-refractivity contribution >= 4 is 17.8 Å². The van der Waals surface area contributed by atoms with Crippen LogP contribution in [0.5, 0.6) is 0 Å². The molecule has 1 aliphatic heterocycles. The summed E-state index contributed by atoms with van der Waals surface area (Å²) in [5, 5.41) is 24.5. The molecule has 1 amide bonds. The van der Waals surface area contributed by atoms with Gasteiger partial charge in [0.2, 0.25) is 11.7 Å². The average Bonchev–Trinajstić information content (AvgIpc) is 3.75. The topological polar surface area (TPSA) is 156 Å². The lowest BCUT2D eigenvalue weighted by atomic mass is 9.98. The average molecular weight is 634 g/mol. The molecule has 0 radical (unpaired) electrons. The van der Waals surface area contributed by atoms with Gasteiger partial charge in [0.25, 0.3) is 0 Å². The van der Waals surface area contributed by atoms with Crippen LogP contribution in [-0.2, 0) is 51.7 Å². The molecule has 12 nitrogen and oxygen atoms in total. The number of H-pyrrole nitrogens is 1. The lowest BCUT2D eigenvalue weighted by molar-refractivity contribution is -0.157. The van der Waals surface area contributed by atoms with Crippen LogP contribution in [0.15, 0.2) is 78.9 Å². The molecule has 5 aromatic rings. The summed E-state index contributed by atoms with van der Waals surface area (Å²) in [6.07, 6.45) is 2.12. The number of ether oxygens (including phenoxy) is 1. The van der Waals surface area contributed by atoms with E-state index in [1.807, 2.05) is 78.9 Å². The van der Waals surface area contributed by atoms with E-state index < -0.39 is 30.3 Å². The normalized spacial score (nSPS) is 14.1. The fourth-order valence-electron chi connectivity index (χ4n) is 5.88. The number of carbonyl (C=O) groups is 3. The summed E-state index contributed by atoms with van der Waals surface area (Å²) in [5.41, 5.74) is 6.10. The zero-order valence-electron chi connectivity index (χ0n) is 26.0. The number of imidazole rings is 1. The van der Waals surface area contributed by atoms with Crippen molar-refractivity contribution in [3.63, 3.8) is 0 Å². The molecule has 12 heteroatoms. The summed E-state index contributed by atoms with van der Waals surface area (Å²) in [6.45, 7) is 2.67. The maximum atomic E-state index is 13.4. The molecule has 2 N–H and O–H groups in total. The minimum Gasteiger partial charge on any atom is -0.480 e. The summed E-state index contributed by atoms with van der Waals surface area (Å²) >= 11 is 0. The number of aromatic nitrogens is 6. The number of carboxylic acids is 1. The Bertz CT molecular complexity index is 1850. The van der Waals surface area contributed by atoms with Gasteiger partial charge in [-0.25, -0.2) is 9.78 Å². The van der Waals surface area contributed by atoms with Crippen molar-refractivity contribution in [1.29, 1.82) is 0 Å². The van der Waals surface area contributed by atoms with Gasteiger partial charge in [-0.05, 0) is 33.9 Å². The van der Waals surface area contributed by atoms with E-state index in [-0.39, 0.29) is 19.6 Å². The number of rotatable bonds is 12. The van der Waals surface area contributed by atoms with Crippen LogP contribution in [0.3, 0.4) is 0 Å². The SMILES string of the molecule is CCCCc1nc2c(n1Cc1ccc(-c3ccccc3-c3nn[nH]n3)cc1)CN(C(=O)CC(=O)OCc1ccccc1)C(C(=O)O)C2. The molecule has 1 atom stereocenters. The molecule has 0 fully saturated rings. The number of unbranched alkanes of at least 4 members (excludes halogenated alkanes) is 1. The zero-order valence-corrected chi connectivity index (χ0v) is 26.0.